The van der Waals surface area contributed by atoms with Gasteiger partial charge in [-0.05, 0) is 31.2 Å². The Bertz CT molecular complexity index is 531. The molecule has 1 aliphatic carbocycles. The maximum atomic E-state index is 4.77. The number of nitrogens with one attached hydrogen (secondary N) is 1. The fourth-order valence-corrected chi connectivity index (χ4v) is 4.56. The Morgan fingerprint density at radius 3 is 3.10 bits per heavy atom. The van der Waals surface area contributed by atoms with E-state index in [0.29, 0.717) is 6.04 Å². The second-order valence-electron chi connectivity index (χ2n) is 6.39. The van der Waals surface area contributed by atoms with Crippen molar-refractivity contribution in [2.45, 2.75) is 58.4 Å². The van der Waals surface area contributed by atoms with Gasteiger partial charge in [0.25, 0.3) is 0 Å². The summed E-state index contributed by atoms with van der Waals surface area (Å²) >= 11 is 1.72. The summed E-state index contributed by atoms with van der Waals surface area (Å²) in [6.07, 6.45) is 12.4. The van der Waals surface area contributed by atoms with E-state index in [1.165, 1.54) is 37.8 Å². The summed E-state index contributed by atoms with van der Waals surface area (Å²) < 4.78 is 2.15. The third-order valence-electron chi connectivity index (χ3n) is 5.01. The highest BCUT2D eigenvalue weighted by molar-refractivity contribution is 7.15. The molecule has 1 N–H and O–H groups in total. The van der Waals surface area contributed by atoms with Crippen LogP contribution in [0.25, 0.3) is 4.96 Å². The Kier molecular flexibility index (Phi) is 4.96. The Morgan fingerprint density at radius 2 is 2.33 bits per heavy atom. The molecule has 4 heteroatoms. The predicted molar refractivity (Wildman–Crippen MR) is 90.0 cm³/mol. The first-order valence-corrected chi connectivity index (χ1v) is 9.32. The van der Waals surface area contributed by atoms with Crippen molar-refractivity contribution >= 4 is 16.3 Å². The standard InChI is InChI=1S/C17H27N3S/c1-3-13-6-5-7-14(10-13)16(18-4-2)11-15-12-20-8-9-21-17(20)19-15/h8-9,12-14,16,18H,3-7,10-11H2,1-2H3. The van der Waals surface area contributed by atoms with Crippen molar-refractivity contribution in [3.8, 4) is 0 Å². The van der Waals surface area contributed by atoms with Crippen LogP contribution < -0.4 is 5.32 Å². The predicted octanol–water partition coefficient (Wildman–Crippen LogP) is 4.13. The highest BCUT2D eigenvalue weighted by Gasteiger charge is 2.28. The molecule has 1 fully saturated rings. The van der Waals surface area contributed by atoms with Gasteiger partial charge in [0, 0.05) is 30.2 Å². The van der Waals surface area contributed by atoms with Gasteiger partial charge in [0.15, 0.2) is 4.96 Å². The molecule has 2 aromatic rings. The van der Waals surface area contributed by atoms with Crippen LogP contribution in [0.5, 0.6) is 0 Å². The minimum absolute atomic E-state index is 0.592. The molecule has 2 heterocycles. The molecule has 116 valence electrons. The average Bonchev–Trinajstić information content (AvgIpc) is 3.08. The molecule has 3 rings (SSSR count). The lowest BCUT2D eigenvalue weighted by molar-refractivity contribution is 0.208. The molecule has 0 amide bonds. The molecule has 0 saturated heterocycles. The van der Waals surface area contributed by atoms with Crippen molar-refractivity contribution < 1.29 is 0 Å². The van der Waals surface area contributed by atoms with Crippen LogP contribution in [0, 0.1) is 11.8 Å². The topological polar surface area (TPSA) is 29.3 Å². The molecule has 0 aromatic carbocycles. The van der Waals surface area contributed by atoms with Crippen LogP contribution in [0.15, 0.2) is 17.8 Å². The van der Waals surface area contributed by atoms with Gasteiger partial charge in [0.05, 0.1) is 5.69 Å². The van der Waals surface area contributed by atoms with E-state index in [9.17, 15) is 0 Å². The second kappa shape index (κ2) is 6.93. The first kappa shape index (κ1) is 15.0. The van der Waals surface area contributed by atoms with Crippen molar-refractivity contribution in [1.29, 1.82) is 0 Å². The van der Waals surface area contributed by atoms with Crippen molar-refractivity contribution in [2.75, 3.05) is 6.54 Å². The molecule has 0 spiro atoms. The van der Waals surface area contributed by atoms with Crippen LogP contribution in [-0.4, -0.2) is 22.0 Å². The number of likely N-dealkylation sites (N-methyl/N-ethyl adjacent to an activating group) is 1. The molecule has 3 unspecified atom stereocenters. The van der Waals surface area contributed by atoms with Gasteiger partial charge in [0.1, 0.15) is 0 Å². The lowest BCUT2D eigenvalue weighted by Crippen LogP contribution is -2.40. The largest absolute Gasteiger partial charge is 0.314 e. The molecule has 1 saturated carbocycles. The van der Waals surface area contributed by atoms with E-state index in [0.717, 1.165) is 29.8 Å². The van der Waals surface area contributed by atoms with E-state index in [-0.39, 0.29) is 0 Å². The lowest BCUT2D eigenvalue weighted by atomic mass is 9.76. The normalized spacial score (nSPS) is 24.5. The van der Waals surface area contributed by atoms with Crippen LogP contribution in [-0.2, 0) is 6.42 Å². The third kappa shape index (κ3) is 3.49. The SMILES string of the molecule is CCNC(Cc1cn2ccsc2n1)C1CCCC(CC)C1. The van der Waals surface area contributed by atoms with E-state index in [1.807, 2.05) is 0 Å². The van der Waals surface area contributed by atoms with Crippen molar-refractivity contribution in [3.05, 3.63) is 23.5 Å². The zero-order chi connectivity index (χ0) is 14.7. The van der Waals surface area contributed by atoms with E-state index in [1.54, 1.807) is 11.3 Å². The van der Waals surface area contributed by atoms with Gasteiger partial charge in [-0.25, -0.2) is 4.98 Å². The van der Waals surface area contributed by atoms with Gasteiger partial charge in [0.2, 0.25) is 0 Å². The molecule has 0 radical (unpaired) electrons. The maximum absolute atomic E-state index is 4.77. The summed E-state index contributed by atoms with van der Waals surface area (Å²) in [6, 6.07) is 0.592. The molecule has 21 heavy (non-hydrogen) atoms. The quantitative estimate of drug-likeness (QED) is 0.869. The summed E-state index contributed by atoms with van der Waals surface area (Å²) in [7, 11) is 0. The van der Waals surface area contributed by atoms with E-state index >= 15 is 0 Å². The van der Waals surface area contributed by atoms with Gasteiger partial charge in [-0.2, -0.15) is 0 Å². The summed E-state index contributed by atoms with van der Waals surface area (Å²) in [4.78, 5) is 5.89. The minimum Gasteiger partial charge on any atom is -0.314 e. The molecular weight excluding hydrogens is 278 g/mol. The Morgan fingerprint density at radius 1 is 1.43 bits per heavy atom. The fraction of sp³-hybridized carbons (Fsp3) is 0.706. The summed E-state index contributed by atoms with van der Waals surface area (Å²) in [5, 5.41) is 5.83. The first-order valence-electron chi connectivity index (χ1n) is 8.44. The van der Waals surface area contributed by atoms with Gasteiger partial charge in [-0.3, -0.25) is 4.40 Å². The number of thiazole rings is 1. The maximum Gasteiger partial charge on any atom is 0.193 e. The zero-order valence-corrected chi connectivity index (χ0v) is 14.0. The molecular formula is C17H27N3S. The van der Waals surface area contributed by atoms with Crippen LogP contribution in [0.3, 0.4) is 0 Å². The van der Waals surface area contributed by atoms with Gasteiger partial charge >= 0.3 is 0 Å². The van der Waals surface area contributed by atoms with Gasteiger partial charge in [-0.15, -0.1) is 11.3 Å². The van der Waals surface area contributed by atoms with Crippen molar-refractivity contribution in [2.24, 2.45) is 11.8 Å². The second-order valence-corrected chi connectivity index (χ2v) is 7.27. The average molecular weight is 305 g/mol. The minimum atomic E-state index is 0.592. The highest BCUT2D eigenvalue weighted by Crippen LogP contribution is 2.33. The van der Waals surface area contributed by atoms with Crippen LogP contribution in [0.4, 0.5) is 0 Å². The Labute approximate surface area is 131 Å². The monoisotopic (exact) mass is 305 g/mol. The smallest absolute Gasteiger partial charge is 0.193 e. The number of hydrogen-bond donors (Lipinski definition) is 1. The van der Waals surface area contributed by atoms with Crippen LogP contribution in [0.1, 0.15) is 51.6 Å². The zero-order valence-electron chi connectivity index (χ0n) is 13.2. The fourth-order valence-electron chi connectivity index (χ4n) is 3.84. The van der Waals surface area contributed by atoms with Gasteiger partial charge < -0.3 is 5.32 Å². The van der Waals surface area contributed by atoms with E-state index in [2.05, 4.69) is 41.3 Å². The van der Waals surface area contributed by atoms with E-state index < -0.39 is 0 Å². The number of hydrogen-bond acceptors (Lipinski definition) is 3. The lowest BCUT2D eigenvalue weighted by Gasteiger charge is -2.34. The molecule has 1 aliphatic rings. The van der Waals surface area contributed by atoms with Crippen molar-refractivity contribution in [3.63, 3.8) is 0 Å². The molecule has 3 nitrogen and oxygen atoms in total. The van der Waals surface area contributed by atoms with Crippen LogP contribution >= 0.6 is 11.3 Å². The van der Waals surface area contributed by atoms with Crippen LogP contribution in [0.2, 0.25) is 0 Å². The third-order valence-corrected chi connectivity index (χ3v) is 5.78. The number of imidazole rings is 1. The first-order chi connectivity index (χ1) is 10.3. The Hall–Kier alpha value is -0.870. The highest BCUT2D eigenvalue weighted by atomic mass is 32.1. The number of aromatic nitrogens is 2. The molecule has 0 bridgehead atoms. The molecule has 3 atom stereocenters. The molecule has 0 aliphatic heterocycles. The summed E-state index contributed by atoms with van der Waals surface area (Å²) in [6.45, 7) is 5.62. The summed E-state index contributed by atoms with van der Waals surface area (Å²) in [5.41, 5.74) is 1.24. The molecule has 2 aromatic heterocycles. The van der Waals surface area contributed by atoms with E-state index in [4.69, 9.17) is 4.98 Å². The van der Waals surface area contributed by atoms with Crippen molar-refractivity contribution in [1.82, 2.24) is 14.7 Å². The van der Waals surface area contributed by atoms with Gasteiger partial charge in [-0.1, -0.05) is 33.1 Å². The Balaban J connectivity index is 1.69. The number of nitrogens with zero attached hydrogens (tertiary/aromatic N) is 2. The summed E-state index contributed by atoms with van der Waals surface area (Å²) in [5.74, 6) is 1.76. The number of rotatable bonds is 6. The number of fused-ring (bicyclic) bond motifs is 1.